The maximum atomic E-state index is 13.0. The van der Waals surface area contributed by atoms with E-state index in [0.29, 0.717) is 6.42 Å². The van der Waals surface area contributed by atoms with Gasteiger partial charge < -0.3 is 66.3 Å². The molecule has 47 heavy (non-hydrogen) atoms. The van der Waals surface area contributed by atoms with E-state index >= 15 is 0 Å². The number of ether oxygens (including phenoxy) is 3. The Bertz CT molecular complexity index is 956. The molecule has 0 aliphatic carbocycles. The van der Waals surface area contributed by atoms with E-state index in [2.05, 4.69) is 17.6 Å². The van der Waals surface area contributed by atoms with Gasteiger partial charge in [0.15, 0.2) is 18.3 Å². The summed E-state index contributed by atoms with van der Waals surface area (Å²) in [6.45, 7) is 3.87. The number of aliphatic hydroxyl groups excluding tert-OH is 7. The second-order valence-electron chi connectivity index (χ2n) is 12.8. The highest BCUT2D eigenvalue weighted by Crippen LogP contribution is 2.28. The standard InChI is InChI=1S/C31H57N3O13/c1-4-5-6-7-8-9-10-11-12-17(32)29(44)33-18(22(38)16(2)3)13-21(37)34-30-26(42)25(41)28(20(15-36)45-30)47-31-27(43)24(40)23(39)19(14-35)46-31/h16-20,23-28,30-31,35-36,39-43H,4-15,32H2,1-3H3,(H,33,44)(H,34,37)/t17?,18?,19?,20?,23-,24-,25+,26?,27?,28-,30+,31-/m0/s1. The van der Waals surface area contributed by atoms with Crippen LogP contribution >= 0.6 is 0 Å². The Hall–Kier alpha value is -1.83. The molecule has 2 amide bonds. The molecule has 0 aromatic rings. The van der Waals surface area contributed by atoms with Crippen LogP contribution in [0.5, 0.6) is 0 Å². The molecule has 0 spiro atoms. The molecule has 2 heterocycles. The minimum atomic E-state index is -1.84. The molecular formula is C31H57N3O13. The Morgan fingerprint density at radius 1 is 0.787 bits per heavy atom. The lowest BCUT2D eigenvalue weighted by Crippen LogP contribution is -2.66. The van der Waals surface area contributed by atoms with Gasteiger partial charge in [-0.3, -0.25) is 14.4 Å². The molecular weight excluding hydrogens is 622 g/mol. The Balaban J connectivity index is 1.96. The lowest BCUT2D eigenvalue weighted by molar-refractivity contribution is -0.343. The van der Waals surface area contributed by atoms with Crippen molar-refractivity contribution in [3.8, 4) is 0 Å². The summed E-state index contributed by atoms with van der Waals surface area (Å²) in [4.78, 5) is 38.8. The number of hydrogen-bond acceptors (Lipinski definition) is 14. The van der Waals surface area contributed by atoms with Crippen molar-refractivity contribution in [3.63, 3.8) is 0 Å². The zero-order valence-electron chi connectivity index (χ0n) is 27.6. The van der Waals surface area contributed by atoms with Crippen LogP contribution in [-0.2, 0) is 28.6 Å². The summed E-state index contributed by atoms with van der Waals surface area (Å²) in [5, 5.41) is 76.1. The molecule has 11 N–H and O–H groups in total. The molecule has 16 nitrogen and oxygen atoms in total. The monoisotopic (exact) mass is 679 g/mol. The lowest BCUT2D eigenvalue weighted by Gasteiger charge is -2.46. The Labute approximate surface area is 276 Å². The Morgan fingerprint density at radius 3 is 1.96 bits per heavy atom. The largest absolute Gasteiger partial charge is 0.394 e. The van der Waals surface area contributed by atoms with Crippen molar-refractivity contribution in [3.05, 3.63) is 0 Å². The molecule has 2 aliphatic heterocycles. The van der Waals surface area contributed by atoms with Crippen LogP contribution in [-0.4, -0.2) is 140 Å². The molecule has 2 rings (SSSR count). The minimum Gasteiger partial charge on any atom is -0.394 e. The number of hydrogen-bond donors (Lipinski definition) is 10. The number of nitrogens with one attached hydrogen (secondary N) is 2. The number of amides is 2. The third kappa shape index (κ3) is 12.2. The number of carbonyl (C=O) groups excluding carboxylic acids is 3. The minimum absolute atomic E-state index is 0.417. The predicted molar refractivity (Wildman–Crippen MR) is 166 cm³/mol. The quantitative estimate of drug-likeness (QED) is 0.0606. The van der Waals surface area contributed by atoms with E-state index in [1.165, 1.54) is 25.7 Å². The number of carbonyl (C=O) groups is 3. The van der Waals surface area contributed by atoms with Crippen LogP contribution in [0.3, 0.4) is 0 Å². The molecule has 16 heteroatoms. The van der Waals surface area contributed by atoms with Gasteiger partial charge >= 0.3 is 0 Å². The van der Waals surface area contributed by atoms with Crippen molar-refractivity contribution in [2.45, 2.75) is 158 Å². The molecule has 0 aromatic carbocycles. The molecule has 2 fully saturated rings. The third-order valence-corrected chi connectivity index (χ3v) is 8.63. The fraction of sp³-hybridized carbons (Fsp3) is 0.903. The highest BCUT2D eigenvalue weighted by Gasteiger charge is 2.50. The van der Waals surface area contributed by atoms with Gasteiger partial charge in [-0.25, -0.2) is 0 Å². The predicted octanol–water partition coefficient (Wildman–Crippen LogP) is -2.32. The fourth-order valence-electron chi connectivity index (χ4n) is 5.64. The summed E-state index contributed by atoms with van der Waals surface area (Å²) in [5.74, 6) is -2.34. The van der Waals surface area contributed by atoms with Gasteiger partial charge in [0.25, 0.3) is 0 Å². The number of Topliss-reactive ketones (excluding diaryl/α,β-unsaturated/α-hetero) is 1. The summed E-state index contributed by atoms with van der Waals surface area (Å²) < 4.78 is 16.4. The van der Waals surface area contributed by atoms with E-state index in [0.717, 1.165) is 25.7 Å². The normalized spacial score (nSPS) is 32.5. The van der Waals surface area contributed by atoms with Gasteiger partial charge in [0.2, 0.25) is 11.8 Å². The van der Waals surface area contributed by atoms with Crippen LogP contribution in [0, 0.1) is 5.92 Å². The zero-order valence-corrected chi connectivity index (χ0v) is 27.6. The Morgan fingerprint density at radius 2 is 1.38 bits per heavy atom. The highest BCUT2D eigenvalue weighted by molar-refractivity contribution is 5.95. The second kappa shape index (κ2) is 20.6. The number of ketones is 1. The van der Waals surface area contributed by atoms with Crippen molar-refractivity contribution in [1.82, 2.24) is 10.6 Å². The SMILES string of the molecule is CCCCCCCCCCC(N)C(=O)NC(CC(=O)N[C@@H]1OC(CO)[C@H](O[C@@H]2OC(CO)[C@H](O)[C@H](O)C2O)[C@H](O)C1O)C(=O)C(C)C. The van der Waals surface area contributed by atoms with Crippen molar-refractivity contribution in [2.24, 2.45) is 11.7 Å². The summed E-state index contributed by atoms with van der Waals surface area (Å²) in [6, 6.07) is -2.10. The molecule has 0 bridgehead atoms. The number of rotatable bonds is 20. The molecule has 2 saturated heterocycles. The van der Waals surface area contributed by atoms with Gasteiger partial charge in [0, 0.05) is 5.92 Å². The lowest BCUT2D eigenvalue weighted by atomic mass is 9.96. The maximum Gasteiger partial charge on any atom is 0.237 e. The van der Waals surface area contributed by atoms with Gasteiger partial charge in [-0.2, -0.15) is 0 Å². The Kier molecular flexibility index (Phi) is 18.1. The first kappa shape index (κ1) is 41.3. The molecule has 12 atom stereocenters. The molecule has 0 radical (unpaired) electrons. The number of nitrogens with two attached hydrogens (primary N) is 1. The first-order valence-electron chi connectivity index (χ1n) is 16.7. The van der Waals surface area contributed by atoms with Gasteiger partial charge in [-0.05, 0) is 6.42 Å². The van der Waals surface area contributed by atoms with Crippen molar-refractivity contribution < 1.29 is 64.3 Å². The van der Waals surface area contributed by atoms with E-state index in [1.807, 2.05) is 0 Å². The molecule has 0 aromatic heterocycles. The van der Waals surface area contributed by atoms with E-state index in [4.69, 9.17) is 19.9 Å². The summed E-state index contributed by atoms with van der Waals surface area (Å²) in [7, 11) is 0. The third-order valence-electron chi connectivity index (χ3n) is 8.63. The van der Waals surface area contributed by atoms with Crippen molar-refractivity contribution in [1.29, 1.82) is 0 Å². The molecule has 2 aliphatic rings. The van der Waals surface area contributed by atoms with E-state index in [-0.39, 0.29) is 0 Å². The first-order valence-corrected chi connectivity index (χ1v) is 16.7. The van der Waals surface area contributed by atoms with Crippen LogP contribution < -0.4 is 16.4 Å². The van der Waals surface area contributed by atoms with Crippen molar-refractivity contribution >= 4 is 17.6 Å². The fourth-order valence-corrected chi connectivity index (χ4v) is 5.64. The summed E-state index contributed by atoms with van der Waals surface area (Å²) in [5.41, 5.74) is 6.08. The summed E-state index contributed by atoms with van der Waals surface area (Å²) in [6.07, 6.45) is -7.93. The smallest absolute Gasteiger partial charge is 0.237 e. The maximum absolute atomic E-state index is 13.0. The molecule has 0 saturated carbocycles. The topological polar surface area (TPSA) is 271 Å². The average Bonchev–Trinajstić information content (AvgIpc) is 3.04. The van der Waals surface area contributed by atoms with Gasteiger partial charge in [-0.1, -0.05) is 72.1 Å². The van der Waals surface area contributed by atoms with Gasteiger partial charge in [0.05, 0.1) is 31.7 Å². The van der Waals surface area contributed by atoms with Crippen LogP contribution in [0.25, 0.3) is 0 Å². The van der Waals surface area contributed by atoms with E-state index in [1.54, 1.807) is 13.8 Å². The van der Waals surface area contributed by atoms with E-state index in [9.17, 15) is 50.1 Å². The molecule has 6 unspecified atom stereocenters. The van der Waals surface area contributed by atoms with E-state index < -0.39 is 117 Å². The zero-order chi connectivity index (χ0) is 35.3. The molecule has 274 valence electrons. The van der Waals surface area contributed by atoms with Crippen LogP contribution in [0.15, 0.2) is 0 Å². The number of aliphatic hydroxyl groups is 7. The number of unbranched alkanes of at least 4 members (excludes halogenated alkanes) is 7. The first-order chi connectivity index (χ1) is 22.3. The average molecular weight is 680 g/mol. The van der Waals surface area contributed by atoms with Crippen LogP contribution in [0.4, 0.5) is 0 Å². The second-order valence-corrected chi connectivity index (χ2v) is 12.8. The van der Waals surface area contributed by atoms with Gasteiger partial charge in [-0.15, -0.1) is 0 Å². The van der Waals surface area contributed by atoms with Crippen LogP contribution in [0.1, 0.15) is 85.0 Å². The summed E-state index contributed by atoms with van der Waals surface area (Å²) >= 11 is 0. The van der Waals surface area contributed by atoms with Gasteiger partial charge in [0.1, 0.15) is 48.8 Å². The van der Waals surface area contributed by atoms with Crippen molar-refractivity contribution in [2.75, 3.05) is 13.2 Å². The highest BCUT2D eigenvalue weighted by atomic mass is 16.7. The van der Waals surface area contributed by atoms with Crippen LogP contribution in [0.2, 0.25) is 0 Å².